The zero-order valence-electron chi connectivity index (χ0n) is 10.7. The third-order valence-corrected chi connectivity index (χ3v) is 5.21. The monoisotopic (exact) mass is 528 g/mol. The van der Waals surface area contributed by atoms with Crippen molar-refractivity contribution in [3.63, 3.8) is 0 Å². The first-order valence-electron chi connectivity index (χ1n) is 6.04. The SMILES string of the molecule is CCOc1ccc(Br)cc1C(Cl)c1cc(Br)ccc1I. The highest BCUT2D eigenvalue weighted by molar-refractivity contribution is 14.1. The molecular formula is C15H12Br2ClIO. The number of hydrogen-bond acceptors (Lipinski definition) is 1. The molecule has 2 aromatic carbocycles. The average Bonchev–Trinajstić information content (AvgIpc) is 2.43. The van der Waals surface area contributed by atoms with E-state index in [2.05, 4.69) is 60.5 Å². The van der Waals surface area contributed by atoms with E-state index in [4.69, 9.17) is 16.3 Å². The van der Waals surface area contributed by atoms with Gasteiger partial charge in [-0.25, -0.2) is 0 Å². The highest BCUT2D eigenvalue weighted by Gasteiger charge is 2.19. The Bertz CT molecular complexity index is 619. The lowest BCUT2D eigenvalue weighted by Crippen LogP contribution is -2.02. The van der Waals surface area contributed by atoms with Crippen molar-refractivity contribution in [2.75, 3.05) is 6.61 Å². The van der Waals surface area contributed by atoms with E-state index in [1.807, 2.05) is 37.3 Å². The van der Waals surface area contributed by atoms with E-state index in [9.17, 15) is 0 Å². The number of rotatable bonds is 4. The summed E-state index contributed by atoms with van der Waals surface area (Å²) in [6, 6.07) is 12.0. The van der Waals surface area contributed by atoms with Crippen LogP contribution in [0.1, 0.15) is 23.4 Å². The molecule has 0 spiro atoms. The minimum Gasteiger partial charge on any atom is -0.494 e. The van der Waals surface area contributed by atoms with Crippen molar-refractivity contribution in [1.29, 1.82) is 0 Å². The van der Waals surface area contributed by atoms with E-state index >= 15 is 0 Å². The fraction of sp³-hybridized carbons (Fsp3) is 0.200. The second-order valence-corrected chi connectivity index (χ2v) is 7.57. The fourth-order valence-corrected chi connectivity index (χ4v) is 3.82. The van der Waals surface area contributed by atoms with E-state index in [0.717, 1.165) is 29.4 Å². The number of benzene rings is 2. The predicted octanol–water partition coefficient (Wildman–Crippen LogP) is 6.54. The summed E-state index contributed by atoms with van der Waals surface area (Å²) in [7, 11) is 0. The van der Waals surface area contributed by atoms with Gasteiger partial charge in [-0.2, -0.15) is 0 Å². The maximum atomic E-state index is 6.70. The van der Waals surface area contributed by atoms with E-state index in [-0.39, 0.29) is 5.38 Å². The van der Waals surface area contributed by atoms with Crippen molar-refractivity contribution < 1.29 is 4.74 Å². The Labute approximate surface area is 154 Å². The molecule has 0 heterocycles. The molecule has 0 saturated carbocycles. The lowest BCUT2D eigenvalue weighted by Gasteiger charge is -2.17. The molecule has 0 aromatic heterocycles. The van der Waals surface area contributed by atoms with E-state index in [0.29, 0.717) is 6.61 Å². The Balaban J connectivity index is 2.49. The standard InChI is InChI=1S/C15H12Br2ClIO/c1-2-20-14-6-4-10(17)8-12(14)15(18)11-7-9(16)3-5-13(11)19/h3-8,15H,2H2,1H3. The highest BCUT2D eigenvalue weighted by atomic mass is 127. The molecular weight excluding hydrogens is 518 g/mol. The third kappa shape index (κ3) is 3.90. The van der Waals surface area contributed by atoms with Crippen LogP contribution in [-0.4, -0.2) is 6.61 Å². The molecule has 0 aliphatic rings. The first-order chi connectivity index (χ1) is 9.52. The maximum Gasteiger partial charge on any atom is 0.124 e. The molecule has 2 aromatic rings. The summed E-state index contributed by atoms with van der Waals surface area (Å²) in [5.74, 6) is 0.825. The van der Waals surface area contributed by atoms with Gasteiger partial charge in [0.2, 0.25) is 0 Å². The first kappa shape index (κ1) is 16.6. The van der Waals surface area contributed by atoms with Crippen LogP contribution in [0.25, 0.3) is 0 Å². The number of ether oxygens (including phenoxy) is 1. The van der Waals surface area contributed by atoms with Gasteiger partial charge in [-0.3, -0.25) is 0 Å². The van der Waals surface area contributed by atoms with Crippen LogP contribution < -0.4 is 4.74 Å². The number of hydrogen-bond donors (Lipinski definition) is 0. The van der Waals surface area contributed by atoms with Gasteiger partial charge >= 0.3 is 0 Å². The highest BCUT2D eigenvalue weighted by Crippen LogP contribution is 2.39. The van der Waals surface area contributed by atoms with E-state index in [1.54, 1.807) is 0 Å². The molecule has 0 fully saturated rings. The van der Waals surface area contributed by atoms with Crippen LogP contribution in [0, 0.1) is 3.57 Å². The van der Waals surface area contributed by atoms with Gasteiger partial charge in [0.25, 0.3) is 0 Å². The molecule has 0 N–H and O–H groups in total. The van der Waals surface area contributed by atoms with Gasteiger partial charge in [-0.15, -0.1) is 11.6 Å². The van der Waals surface area contributed by atoms with Gasteiger partial charge in [0.1, 0.15) is 5.75 Å². The Morgan fingerprint density at radius 3 is 2.35 bits per heavy atom. The molecule has 0 saturated heterocycles. The van der Waals surface area contributed by atoms with Gasteiger partial charge in [-0.1, -0.05) is 31.9 Å². The summed E-state index contributed by atoms with van der Waals surface area (Å²) in [5.41, 5.74) is 2.04. The van der Waals surface area contributed by atoms with Crippen LogP contribution >= 0.6 is 66.1 Å². The Morgan fingerprint density at radius 2 is 1.70 bits per heavy atom. The van der Waals surface area contributed by atoms with E-state index in [1.165, 1.54) is 0 Å². The Hall–Kier alpha value is 0.220. The van der Waals surface area contributed by atoms with Gasteiger partial charge < -0.3 is 4.74 Å². The average molecular weight is 530 g/mol. The Morgan fingerprint density at radius 1 is 1.10 bits per heavy atom. The summed E-state index contributed by atoms with van der Waals surface area (Å²) < 4.78 is 8.83. The second-order valence-electron chi connectivity index (χ2n) is 4.14. The summed E-state index contributed by atoms with van der Waals surface area (Å²) in [6.45, 7) is 2.59. The minimum absolute atomic E-state index is 0.251. The molecule has 0 aliphatic carbocycles. The second kappa shape index (κ2) is 7.47. The van der Waals surface area contributed by atoms with Crippen LogP contribution in [0.2, 0.25) is 0 Å². The molecule has 0 radical (unpaired) electrons. The summed E-state index contributed by atoms with van der Waals surface area (Å²) in [5, 5.41) is -0.251. The zero-order chi connectivity index (χ0) is 14.7. The predicted molar refractivity (Wildman–Crippen MR) is 99.9 cm³/mol. The molecule has 106 valence electrons. The Kier molecular flexibility index (Phi) is 6.20. The molecule has 5 heteroatoms. The molecule has 0 aliphatic heterocycles. The van der Waals surface area contributed by atoms with Gasteiger partial charge in [0.15, 0.2) is 0 Å². The van der Waals surface area contributed by atoms with Crippen molar-refractivity contribution in [2.45, 2.75) is 12.3 Å². The molecule has 20 heavy (non-hydrogen) atoms. The number of halogens is 4. The van der Waals surface area contributed by atoms with Crippen molar-refractivity contribution in [3.8, 4) is 5.75 Å². The number of alkyl halides is 1. The lowest BCUT2D eigenvalue weighted by molar-refractivity contribution is 0.337. The van der Waals surface area contributed by atoms with Crippen LogP contribution in [0.4, 0.5) is 0 Å². The fourth-order valence-electron chi connectivity index (χ4n) is 1.88. The van der Waals surface area contributed by atoms with Gasteiger partial charge in [0.05, 0.1) is 12.0 Å². The van der Waals surface area contributed by atoms with Crippen molar-refractivity contribution in [3.05, 3.63) is 60.0 Å². The van der Waals surface area contributed by atoms with Crippen LogP contribution in [0.5, 0.6) is 5.75 Å². The minimum atomic E-state index is -0.251. The topological polar surface area (TPSA) is 9.23 Å². The lowest BCUT2D eigenvalue weighted by atomic mass is 10.0. The smallest absolute Gasteiger partial charge is 0.124 e. The van der Waals surface area contributed by atoms with E-state index < -0.39 is 0 Å². The summed E-state index contributed by atoms with van der Waals surface area (Å²) >= 11 is 16.0. The molecule has 1 atom stereocenters. The summed E-state index contributed by atoms with van der Waals surface area (Å²) in [4.78, 5) is 0. The van der Waals surface area contributed by atoms with Crippen molar-refractivity contribution >= 4 is 66.1 Å². The van der Waals surface area contributed by atoms with Crippen molar-refractivity contribution in [1.82, 2.24) is 0 Å². The molecule has 0 bridgehead atoms. The van der Waals surface area contributed by atoms with Crippen molar-refractivity contribution in [2.24, 2.45) is 0 Å². The molecule has 1 nitrogen and oxygen atoms in total. The molecule has 1 unspecified atom stereocenters. The summed E-state index contributed by atoms with van der Waals surface area (Å²) in [6.07, 6.45) is 0. The first-order valence-corrected chi connectivity index (χ1v) is 9.14. The zero-order valence-corrected chi connectivity index (χ0v) is 16.8. The van der Waals surface area contributed by atoms with Crippen LogP contribution in [0.3, 0.4) is 0 Å². The molecule has 2 rings (SSSR count). The van der Waals surface area contributed by atoms with Gasteiger partial charge in [-0.05, 0) is 71.5 Å². The molecule has 0 amide bonds. The third-order valence-electron chi connectivity index (χ3n) is 2.78. The van der Waals surface area contributed by atoms with Crippen LogP contribution in [0.15, 0.2) is 45.3 Å². The quantitative estimate of drug-likeness (QED) is 0.322. The normalized spacial score (nSPS) is 12.2. The van der Waals surface area contributed by atoms with Gasteiger partial charge in [0, 0.05) is 18.1 Å². The maximum absolute atomic E-state index is 6.70. The largest absolute Gasteiger partial charge is 0.494 e. The van der Waals surface area contributed by atoms with Crippen LogP contribution in [-0.2, 0) is 0 Å².